The van der Waals surface area contributed by atoms with Gasteiger partial charge in [0, 0.05) is 10.5 Å². The average Bonchev–Trinajstić information content (AvgIpc) is 2.68. The van der Waals surface area contributed by atoms with Crippen LogP contribution in [-0.4, -0.2) is 50.4 Å². The molecule has 4 nitrogen and oxygen atoms in total. The Morgan fingerprint density at radius 3 is 2.44 bits per heavy atom. The lowest BCUT2D eigenvalue weighted by molar-refractivity contribution is -0.917. The number of quaternary nitrogens is 1. The van der Waals surface area contributed by atoms with Gasteiger partial charge in [0.2, 0.25) is 0 Å². The van der Waals surface area contributed by atoms with Crippen molar-refractivity contribution in [3.63, 3.8) is 0 Å². The van der Waals surface area contributed by atoms with Crippen molar-refractivity contribution in [2.45, 2.75) is 11.4 Å². The Morgan fingerprint density at radius 1 is 1.12 bits per heavy atom. The van der Waals surface area contributed by atoms with Crippen molar-refractivity contribution in [1.82, 2.24) is 4.90 Å². The molecule has 2 aromatic rings. The maximum atomic E-state index is 12.7. The summed E-state index contributed by atoms with van der Waals surface area (Å²) in [7, 11) is 1.61. The summed E-state index contributed by atoms with van der Waals surface area (Å²) >= 11 is 1.77. The first-order chi connectivity index (χ1) is 12.2. The van der Waals surface area contributed by atoms with E-state index in [1.165, 1.54) is 15.4 Å². The van der Waals surface area contributed by atoms with Crippen LogP contribution in [0.5, 0.6) is 5.75 Å². The molecule has 3 rings (SSSR count). The molecule has 0 bridgehead atoms. The Bertz CT molecular complexity index is 710. The lowest BCUT2D eigenvalue weighted by atomic mass is 10.1. The van der Waals surface area contributed by atoms with Crippen LogP contribution in [0.15, 0.2) is 53.4 Å². The molecular weight excluding hydrogens is 332 g/mol. The third-order valence-corrected chi connectivity index (χ3v) is 5.45. The number of benzene rings is 2. The van der Waals surface area contributed by atoms with Crippen LogP contribution in [0.2, 0.25) is 0 Å². The number of piperazine rings is 1. The Balaban J connectivity index is 1.56. The Hall–Kier alpha value is -1.98. The zero-order valence-corrected chi connectivity index (χ0v) is 15.6. The normalized spacial score (nSPS) is 15.2. The zero-order chi connectivity index (χ0) is 17.6. The van der Waals surface area contributed by atoms with E-state index in [0.29, 0.717) is 11.3 Å². The van der Waals surface area contributed by atoms with Gasteiger partial charge >= 0.3 is 0 Å². The molecule has 0 unspecified atom stereocenters. The largest absolute Gasteiger partial charge is 0.496 e. The van der Waals surface area contributed by atoms with Crippen LogP contribution in [0.3, 0.4) is 0 Å². The third kappa shape index (κ3) is 4.35. The number of amides is 1. The minimum Gasteiger partial charge on any atom is -0.496 e. The van der Waals surface area contributed by atoms with E-state index in [2.05, 4.69) is 30.5 Å². The highest BCUT2D eigenvalue weighted by Gasteiger charge is 2.26. The van der Waals surface area contributed by atoms with Gasteiger partial charge in [-0.1, -0.05) is 24.3 Å². The van der Waals surface area contributed by atoms with E-state index >= 15 is 0 Å². The first-order valence-corrected chi connectivity index (χ1v) is 9.82. The van der Waals surface area contributed by atoms with Crippen LogP contribution in [0.1, 0.15) is 15.9 Å². The minimum atomic E-state index is 0.0702. The number of carbonyl (C=O) groups is 1. The maximum Gasteiger partial charge on any atom is 0.258 e. The van der Waals surface area contributed by atoms with Gasteiger partial charge < -0.3 is 14.5 Å². The van der Waals surface area contributed by atoms with Crippen molar-refractivity contribution in [2.24, 2.45) is 0 Å². The molecule has 1 aliphatic rings. The molecule has 2 aromatic carbocycles. The summed E-state index contributed by atoms with van der Waals surface area (Å²) in [5.41, 5.74) is 2.01. The standard InChI is InChI=1S/C20H24N2O2S/c1-24-19-6-4-3-5-18(19)20(23)22-13-11-21(12-14-22)15-16-7-9-17(25-2)10-8-16/h3-10H,11-15H2,1-2H3/p+1. The number of ether oxygens (including phenoxy) is 1. The summed E-state index contributed by atoms with van der Waals surface area (Å²) in [4.78, 5) is 17.5. The summed E-state index contributed by atoms with van der Waals surface area (Å²) in [6.45, 7) is 4.55. The van der Waals surface area contributed by atoms with Gasteiger partial charge in [0.05, 0.1) is 38.9 Å². The van der Waals surface area contributed by atoms with Crippen LogP contribution in [0.4, 0.5) is 0 Å². The third-order valence-electron chi connectivity index (χ3n) is 4.71. The van der Waals surface area contributed by atoms with Crippen molar-refractivity contribution < 1.29 is 14.4 Å². The van der Waals surface area contributed by atoms with Crippen LogP contribution in [-0.2, 0) is 6.54 Å². The SMILES string of the molecule is COc1ccccc1C(=O)N1CC[NH+](Cc2ccc(SC)cc2)CC1. The quantitative estimate of drug-likeness (QED) is 0.831. The molecule has 0 aromatic heterocycles. The molecule has 0 aliphatic carbocycles. The number of hydrogen-bond donors (Lipinski definition) is 1. The number of nitrogens with zero attached hydrogens (tertiary/aromatic N) is 1. The molecule has 0 spiro atoms. The summed E-state index contributed by atoms with van der Waals surface area (Å²) in [6.07, 6.45) is 2.10. The molecule has 0 radical (unpaired) electrons. The van der Waals surface area contributed by atoms with Gasteiger partial charge in [-0.15, -0.1) is 11.8 Å². The lowest BCUT2D eigenvalue weighted by Gasteiger charge is -2.32. The maximum absolute atomic E-state index is 12.7. The molecule has 1 N–H and O–H groups in total. The van der Waals surface area contributed by atoms with Crippen molar-refractivity contribution in [3.8, 4) is 5.75 Å². The average molecular weight is 357 g/mol. The number of rotatable bonds is 5. The van der Waals surface area contributed by atoms with Gasteiger partial charge in [-0.25, -0.2) is 0 Å². The highest BCUT2D eigenvalue weighted by Crippen LogP contribution is 2.19. The number of nitrogens with one attached hydrogen (secondary N) is 1. The second kappa shape index (κ2) is 8.41. The molecule has 1 amide bonds. The van der Waals surface area contributed by atoms with Crippen LogP contribution < -0.4 is 9.64 Å². The fourth-order valence-electron chi connectivity index (χ4n) is 3.23. The second-order valence-electron chi connectivity index (χ2n) is 6.27. The summed E-state index contributed by atoms with van der Waals surface area (Å²) in [5.74, 6) is 0.719. The van der Waals surface area contributed by atoms with Crippen LogP contribution >= 0.6 is 11.8 Å². The molecular formula is C20H25N2O2S+. The van der Waals surface area contributed by atoms with Crippen LogP contribution in [0, 0.1) is 0 Å². The van der Waals surface area contributed by atoms with E-state index < -0.39 is 0 Å². The number of carbonyl (C=O) groups excluding carboxylic acids is 1. The lowest BCUT2D eigenvalue weighted by Crippen LogP contribution is -3.13. The van der Waals surface area contributed by atoms with E-state index in [4.69, 9.17) is 4.74 Å². The summed E-state index contributed by atoms with van der Waals surface area (Å²) in [5, 5.41) is 0. The first-order valence-electron chi connectivity index (χ1n) is 8.60. The monoisotopic (exact) mass is 357 g/mol. The first kappa shape index (κ1) is 17.8. The second-order valence-corrected chi connectivity index (χ2v) is 7.15. The number of hydrogen-bond acceptors (Lipinski definition) is 3. The minimum absolute atomic E-state index is 0.0702. The van der Waals surface area contributed by atoms with Gasteiger partial charge in [0.15, 0.2) is 0 Å². The van der Waals surface area contributed by atoms with Gasteiger partial charge in [0.1, 0.15) is 12.3 Å². The van der Waals surface area contributed by atoms with E-state index in [1.807, 2.05) is 29.2 Å². The van der Waals surface area contributed by atoms with Crippen molar-refractivity contribution in [1.29, 1.82) is 0 Å². The Kier molecular flexibility index (Phi) is 6.00. The highest BCUT2D eigenvalue weighted by atomic mass is 32.2. The number of para-hydroxylation sites is 1. The van der Waals surface area contributed by atoms with E-state index in [-0.39, 0.29) is 5.91 Å². The zero-order valence-electron chi connectivity index (χ0n) is 14.8. The van der Waals surface area contributed by atoms with E-state index in [9.17, 15) is 4.79 Å². The smallest absolute Gasteiger partial charge is 0.258 e. The Morgan fingerprint density at radius 2 is 1.80 bits per heavy atom. The molecule has 25 heavy (non-hydrogen) atoms. The van der Waals surface area contributed by atoms with E-state index in [0.717, 1.165) is 32.7 Å². The molecule has 0 saturated carbocycles. The highest BCUT2D eigenvalue weighted by molar-refractivity contribution is 7.98. The molecule has 0 atom stereocenters. The molecule has 5 heteroatoms. The molecule has 1 aliphatic heterocycles. The van der Waals surface area contributed by atoms with Crippen LogP contribution in [0.25, 0.3) is 0 Å². The van der Waals surface area contributed by atoms with Crippen molar-refractivity contribution in [2.75, 3.05) is 39.5 Å². The fraction of sp³-hybridized carbons (Fsp3) is 0.350. The number of thioether (sulfide) groups is 1. The van der Waals surface area contributed by atoms with Gasteiger partial charge in [-0.3, -0.25) is 4.79 Å². The van der Waals surface area contributed by atoms with Gasteiger partial charge in [-0.2, -0.15) is 0 Å². The topological polar surface area (TPSA) is 34.0 Å². The van der Waals surface area contributed by atoms with Crippen molar-refractivity contribution >= 4 is 17.7 Å². The van der Waals surface area contributed by atoms with E-state index in [1.54, 1.807) is 18.9 Å². The fourth-order valence-corrected chi connectivity index (χ4v) is 3.63. The molecule has 132 valence electrons. The summed E-state index contributed by atoms with van der Waals surface area (Å²) < 4.78 is 5.32. The number of methoxy groups -OCH3 is 1. The predicted molar refractivity (Wildman–Crippen MR) is 102 cm³/mol. The van der Waals surface area contributed by atoms with Gasteiger partial charge in [-0.05, 0) is 30.5 Å². The van der Waals surface area contributed by atoms with Crippen molar-refractivity contribution in [3.05, 3.63) is 59.7 Å². The van der Waals surface area contributed by atoms with Gasteiger partial charge in [0.25, 0.3) is 5.91 Å². The predicted octanol–water partition coefficient (Wildman–Crippen LogP) is 1.96. The molecule has 1 fully saturated rings. The summed E-state index contributed by atoms with van der Waals surface area (Å²) in [6, 6.07) is 16.2. The molecule has 1 heterocycles. The Labute approximate surface area is 153 Å². The molecule has 1 saturated heterocycles.